The average Bonchev–Trinajstić information content (AvgIpc) is 3.30. The van der Waals surface area contributed by atoms with E-state index >= 15 is 0 Å². The van der Waals surface area contributed by atoms with Crippen LogP contribution in [0.25, 0.3) is 11.3 Å². The molecule has 0 radical (unpaired) electrons. The van der Waals surface area contributed by atoms with Crippen LogP contribution in [-0.2, 0) is 17.8 Å². The molecule has 2 heterocycles. The van der Waals surface area contributed by atoms with Gasteiger partial charge in [-0.2, -0.15) is 0 Å². The fraction of sp³-hybridized carbons (Fsp3) is 0.250. The summed E-state index contributed by atoms with van der Waals surface area (Å²) < 4.78 is 19.4. The van der Waals surface area contributed by atoms with Gasteiger partial charge in [0.25, 0.3) is 0 Å². The van der Waals surface area contributed by atoms with Crippen LogP contribution in [0.4, 0.5) is 5.95 Å². The SMILES string of the molecule is COCCn1c(-c2ccc3c(c2)OCO3)cnc1NCc1cccc(Br)c1. The van der Waals surface area contributed by atoms with Crippen molar-refractivity contribution in [1.29, 1.82) is 0 Å². The van der Waals surface area contributed by atoms with E-state index in [1.54, 1.807) is 7.11 Å². The first-order valence-corrected chi connectivity index (χ1v) is 9.46. The lowest BCUT2D eigenvalue weighted by Crippen LogP contribution is -2.11. The first-order valence-electron chi connectivity index (χ1n) is 8.67. The summed E-state index contributed by atoms with van der Waals surface area (Å²) in [5.41, 5.74) is 3.20. The number of benzene rings is 2. The van der Waals surface area contributed by atoms with E-state index in [-0.39, 0.29) is 6.79 Å². The second kappa shape index (κ2) is 8.02. The number of methoxy groups -OCH3 is 1. The number of hydrogen-bond donors (Lipinski definition) is 1. The molecule has 0 saturated heterocycles. The third-order valence-corrected chi connectivity index (χ3v) is 4.88. The molecule has 0 bridgehead atoms. The summed E-state index contributed by atoms with van der Waals surface area (Å²) in [6.45, 7) is 2.24. The third kappa shape index (κ3) is 3.94. The summed E-state index contributed by atoms with van der Waals surface area (Å²) in [7, 11) is 1.70. The molecule has 3 aromatic rings. The van der Waals surface area contributed by atoms with Crippen LogP contribution in [0, 0.1) is 0 Å². The molecule has 0 atom stereocenters. The summed E-state index contributed by atoms with van der Waals surface area (Å²) in [6, 6.07) is 14.1. The van der Waals surface area contributed by atoms with Gasteiger partial charge < -0.3 is 24.1 Å². The number of fused-ring (bicyclic) bond motifs is 1. The number of hydrogen-bond acceptors (Lipinski definition) is 5. The van der Waals surface area contributed by atoms with Crippen molar-refractivity contribution in [3.8, 4) is 22.8 Å². The van der Waals surface area contributed by atoms with Crippen molar-refractivity contribution in [2.75, 3.05) is 25.8 Å². The van der Waals surface area contributed by atoms with Crippen molar-refractivity contribution in [1.82, 2.24) is 9.55 Å². The zero-order valence-electron chi connectivity index (χ0n) is 14.9. The molecule has 0 saturated carbocycles. The minimum atomic E-state index is 0.265. The Kier molecular flexibility index (Phi) is 5.31. The highest BCUT2D eigenvalue weighted by Crippen LogP contribution is 2.36. The molecule has 1 aliphatic rings. The van der Waals surface area contributed by atoms with E-state index in [2.05, 4.69) is 42.9 Å². The normalized spacial score (nSPS) is 12.4. The maximum Gasteiger partial charge on any atom is 0.231 e. The van der Waals surface area contributed by atoms with Gasteiger partial charge in [-0.3, -0.25) is 0 Å². The van der Waals surface area contributed by atoms with Gasteiger partial charge in [-0.25, -0.2) is 4.98 Å². The Bertz CT molecular complexity index is 942. The van der Waals surface area contributed by atoms with Gasteiger partial charge in [-0.15, -0.1) is 0 Å². The fourth-order valence-corrected chi connectivity index (χ4v) is 3.49. The Labute approximate surface area is 166 Å². The summed E-state index contributed by atoms with van der Waals surface area (Å²) >= 11 is 3.51. The van der Waals surface area contributed by atoms with E-state index < -0.39 is 0 Å². The molecule has 1 aromatic heterocycles. The van der Waals surface area contributed by atoms with Gasteiger partial charge in [0, 0.05) is 30.2 Å². The molecule has 1 N–H and O–H groups in total. The highest BCUT2D eigenvalue weighted by atomic mass is 79.9. The van der Waals surface area contributed by atoms with Crippen molar-refractivity contribution >= 4 is 21.9 Å². The minimum absolute atomic E-state index is 0.265. The minimum Gasteiger partial charge on any atom is -0.454 e. The number of rotatable bonds is 7. The highest BCUT2D eigenvalue weighted by Gasteiger charge is 2.17. The molecule has 0 fully saturated rings. The molecule has 6 nitrogen and oxygen atoms in total. The number of imidazole rings is 1. The molecular formula is C20H20BrN3O3. The molecule has 0 spiro atoms. The molecule has 0 aliphatic carbocycles. The van der Waals surface area contributed by atoms with Gasteiger partial charge in [-0.1, -0.05) is 28.1 Å². The predicted molar refractivity (Wildman–Crippen MR) is 107 cm³/mol. The average molecular weight is 430 g/mol. The summed E-state index contributed by atoms with van der Waals surface area (Å²) in [4.78, 5) is 4.59. The molecule has 0 amide bonds. The summed E-state index contributed by atoms with van der Waals surface area (Å²) in [6.07, 6.45) is 1.87. The van der Waals surface area contributed by atoms with Crippen molar-refractivity contribution in [2.45, 2.75) is 13.1 Å². The van der Waals surface area contributed by atoms with E-state index in [1.807, 2.05) is 36.5 Å². The predicted octanol–water partition coefficient (Wildman–Crippen LogP) is 4.30. The first kappa shape index (κ1) is 17.9. The second-order valence-corrected chi connectivity index (χ2v) is 7.08. The topological polar surface area (TPSA) is 57.5 Å². The summed E-state index contributed by atoms with van der Waals surface area (Å²) in [5.74, 6) is 2.34. The van der Waals surface area contributed by atoms with Crippen LogP contribution in [0.5, 0.6) is 11.5 Å². The van der Waals surface area contributed by atoms with Crippen molar-refractivity contribution in [2.24, 2.45) is 0 Å². The van der Waals surface area contributed by atoms with Gasteiger partial charge in [0.05, 0.1) is 18.5 Å². The van der Waals surface area contributed by atoms with Crippen LogP contribution in [0.3, 0.4) is 0 Å². The number of aromatic nitrogens is 2. The molecule has 1 aliphatic heterocycles. The maximum absolute atomic E-state index is 5.51. The van der Waals surface area contributed by atoms with Gasteiger partial charge in [0.1, 0.15) is 0 Å². The van der Waals surface area contributed by atoms with Gasteiger partial charge in [0.2, 0.25) is 12.7 Å². The lowest BCUT2D eigenvalue weighted by atomic mass is 10.1. The number of halogens is 1. The number of nitrogens with one attached hydrogen (secondary N) is 1. The third-order valence-electron chi connectivity index (χ3n) is 4.38. The number of nitrogens with zero attached hydrogens (tertiary/aromatic N) is 2. The lowest BCUT2D eigenvalue weighted by molar-refractivity contribution is 0.174. The van der Waals surface area contributed by atoms with Crippen molar-refractivity contribution in [3.63, 3.8) is 0 Å². The van der Waals surface area contributed by atoms with Crippen LogP contribution in [0.15, 0.2) is 53.1 Å². The molecule has 140 valence electrons. The lowest BCUT2D eigenvalue weighted by Gasteiger charge is -2.13. The highest BCUT2D eigenvalue weighted by molar-refractivity contribution is 9.10. The molecular weight excluding hydrogens is 410 g/mol. The number of anilines is 1. The molecule has 7 heteroatoms. The van der Waals surface area contributed by atoms with Crippen LogP contribution in [-0.4, -0.2) is 30.1 Å². The van der Waals surface area contributed by atoms with E-state index in [4.69, 9.17) is 14.2 Å². The Morgan fingerprint density at radius 2 is 2.07 bits per heavy atom. The Hall–Kier alpha value is -2.51. The van der Waals surface area contributed by atoms with E-state index in [0.29, 0.717) is 19.7 Å². The van der Waals surface area contributed by atoms with Crippen LogP contribution in [0.2, 0.25) is 0 Å². The van der Waals surface area contributed by atoms with E-state index in [0.717, 1.165) is 33.2 Å². The largest absolute Gasteiger partial charge is 0.454 e. The van der Waals surface area contributed by atoms with Crippen molar-refractivity contribution in [3.05, 3.63) is 58.7 Å². The van der Waals surface area contributed by atoms with Crippen LogP contribution < -0.4 is 14.8 Å². The fourth-order valence-electron chi connectivity index (χ4n) is 3.04. The van der Waals surface area contributed by atoms with Gasteiger partial charge in [0.15, 0.2) is 11.5 Å². The zero-order chi connectivity index (χ0) is 18.6. The van der Waals surface area contributed by atoms with Crippen molar-refractivity contribution < 1.29 is 14.2 Å². The van der Waals surface area contributed by atoms with Gasteiger partial charge in [-0.05, 0) is 35.9 Å². The Morgan fingerprint density at radius 3 is 2.93 bits per heavy atom. The number of ether oxygens (including phenoxy) is 3. The second-order valence-electron chi connectivity index (χ2n) is 6.16. The van der Waals surface area contributed by atoms with E-state index in [1.165, 1.54) is 5.56 Å². The zero-order valence-corrected chi connectivity index (χ0v) is 16.5. The maximum atomic E-state index is 5.51. The molecule has 27 heavy (non-hydrogen) atoms. The van der Waals surface area contributed by atoms with Crippen LogP contribution >= 0.6 is 15.9 Å². The monoisotopic (exact) mass is 429 g/mol. The molecule has 4 rings (SSSR count). The first-order chi connectivity index (χ1) is 13.2. The standard InChI is InChI=1S/C20H20BrN3O3/c1-25-8-7-24-17(15-5-6-18-19(10-15)27-13-26-18)12-23-20(24)22-11-14-3-2-4-16(21)9-14/h2-6,9-10,12H,7-8,11,13H2,1H3,(H,22,23). The molecule has 2 aromatic carbocycles. The molecule has 0 unspecified atom stereocenters. The quantitative estimate of drug-likeness (QED) is 0.606. The van der Waals surface area contributed by atoms with Gasteiger partial charge >= 0.3 is 0 Å². The Balaban J connectivity index is 1.60. The smallest absolute Gasteiger partial charge is 0.231 e. The van der Waals surface area contributed by atoms with E-state index in [9.17, 15) is 0 Å². The summed E-state index contributed by atoms with van der Waals surface area (Å²) in [5, 5.41) is 3.43. The Morgan fingerprint density at radius 1 is 1.19 bits per heavy atom. The van der Waals surface area contributed by atoms with Crippen LogP contribution in [0.1, 0.15) is 5.56 Å².